The first-order valence-electron chi connectivity index (χ1n) is 7.55. The third kappa shape index (κ3) is 3.82. The maximum Gasteiger partial charge on any atom is 0.404 e. The van der Waals surface area contributed by atoms with Crippen LogP contribution in [0.4, 0.5) is 8.78 Å². The van der Waals surface area contributed by atoms with Crippen molar-refractivity contribution in [3.05, 3.63) is 40.0 Å². The average Bonchev–Trinajstić information content (AvgIpc) is 2.53. The Morgan fingerprint density at radius 2 is 1.84 bits per heavy atom. The number of nitrogens with zero attached hydrogens (tertiary/aromatic N) is 1. The average molecular weight is 436 g/mol. The zero-order chi connectivity index (χ0) is 18.8. The van der Waals surface area contributed by atoms with Gasteiger partial charge in [0.05, 0.1) is 18.7 Å². The van der Waals surface area contributed by atoms with Crippen molar-refractivity contribution in [3.63, 3.8) is 0 Å². The monoisotopic (exact) mass is 435 g/mol. The SMILES string of the molecule is CCOP(=O)(OCC)C(F)(F)c1cc2nc(C(C)=O)ccc2cc1Br. The predicted octanol–water partition coefficient (Wildman–Crippen LogP) is 5.52. The number of Topliss-reactive ketones (excluding diaryl/α,β-unsaturated/α-hetero) is 1. The molecular weight excluding hydrogens is 419 g/mol. The summed E-state index contributed by atoms with van der Waals surface area (Å²) in [6.07, 6.45) is 0. The molecule has 0 radical (unpaired) electrons. The summed E-state index contributed by atoms with van der Waals surface area (Å²) in [6, 6.07) is 5.64. The standard InChI is InChI=1S/C16H17BrF2NO4P/c1-4-23-25(22,24-5-2)16(18,19)12-9-15-11(8-13(12)17)6-7-14(20-15)10(3)21/h6-9H,4-5H2,1-3H3. The summed E-state index contributed by atoms with van der Waals surface area (Å²) in [5.41, 5.74) is -4.12. The number of fused-ring (bicyclic) bond motifs is 1. The minimum atomic E-state index is -4.74. The fraction of sp³-hybridized carbons (Fsp3) is 0.375. The molecule has 1 aromatic carbocycles. The van der Waals surface area contributed by atoms with Crippen LogP contribution in [0.5, 0.6) is 0 Å². The second-order valence-corrected chi connectivity index (χ2v) is 8.08. The van der Waals surface area contributed by atoms with Gasteiger partial charge in [-0.2, -0.15) is 8.78 Å². The minimum Gasteiger partial charge on any atom is -0.304 e. The molecule has 1 heterocycles. The molecule has 2 rings (SSSR count). The molecule has 25 heavy (non-hydrogen) atoms. The molecule has 0 aliphatic heterocycles. The van der Waals surface area contributed by atoms with Crippen LogP contribution in [0.3, 0.4) is 0 Å². The van der Waals surface area contributed by atoms with Crippen molar-refractivity contribution in [2.45, 2.75) is 26.4 Å². The lowest BCUT2D eigenvalue weighted by Gasteiger charge is -2.26. The Balaban J connectivity index is 2.66. The maximum atomic E-state index is 15.0. The van der Waals surface area contributed by atoms with E-state index >= 15 is 0 Å². The highest BCUT2D eigenvalue weighted by atomic mass is 79.9. The van der Waals surface area contributed by atoms with Gasteiger partial charge < -0.3 is 9.05 Å². The molecule has 0 fully saturated rings. The van der Waals surface area contributed by atoms with E-state index < -0.39 is 18.8 Å². The van der Waals surface area contributed by atoms with Crippen LogP contribution in [0, 0.1) is 0 Å². The number of hydrogen-bond acceptors (Lipinski definition) is 5. The third-order valence-corrected chi connectivity index (χ3v) is 6.19. The van der Waals surface area contributed by atoms with Crippen LogP contribution in [0.15, 0.2) is 28.7 Å². The van der Waals surface area contributed by atoms with Crippen molar-refractivity contribution in [1.29, 1.82) is 0 Å². The van der Waals surface area contributed by atoms with Crippen LogP contribution >= 0.6 is 23.5 Å². The fourth-order valence-corrected chi connectivity index (χ4v) is 4.58. The van der Waals surface area contributed by atoms with E-state index in [4.69, 9.17) is 9.05 Å². The largest absolute Gasteiger partial charge is 0.404 e. The normalized spacial score (nSPS) is 12.6. The Morgan fingerprint density at radius 1 is 1.24 bits per heavy atom. The van der Waals surface area contributed by atoms with Gasteiger partial charge in [-0.1, -0.05) is 22.0 Å². The molecular formula is C16H17BrF2NO4P. The summed E-state index contributed by atoms with van der Waals surface area (Å²) in [7, 11) is -4.74. The highest BCUT2D eigenvalue weighted by Crippen LogP contribution is 2.67. The number of pyridine rings is 1. The predicted molar refractivity (Wildman–Crippen MR) is 94.2 cm³/mol. The van der Waals surface area contributed by atoms with Gasteiger partial charge in [0, 0.05) is 22.3 Å². The number of halogens is 3. The number of carbonyl (C=O) groups excluding carboxylic acids is 1. The summed E-state index contributed by atoms with van der Waals surface area (Å²) in [4.78, 5) is 15.6. The van der Waals surface area contributed by atoms with Crippen molar-refractivity contribution in [2.75, 3.05) is 13.2 Å². The van der Waals surface area contributed by atoms with Gasteiger partial charge in [-0.15, -0.1) is 0 Å². The topological polar surface area (TPSA) is 65.5 Å². The molecule has 0 aliphatic rings. The Labute approximate surface area is 152 Å². The first kappa shape index (κ1) is 20.1. The van der Waals surface area contributed by atoms with Gasteiger partial charge in [0.15, 0.2) is 5.78 Å². The van der Waals surface area contributed by atoms with Gasteiger partial charge in [0.25, 0.3) is 0 Å². The second-order valence-electron chi connectivity index (χ2n) is 5.15. The fourth-order valence-electron chi connectivity index (χ4n) is 2.26. The minimum absolute atomic E-state index is 0.0435. The molecule has 0 spiro atoms. The number of rotatable bonds is 7. The number of aromatic nitrogens is 1. The van der Waals surface area contributed by atoms with Crippen molar-refractivity contribution >= 4 is 40.2 Å². The van der Waals surface area contributed by atoms with E-state index in [9.17, 15) is 18.1 Å². The smallest absolute Gasteiger partial charge is 0.304 e. The van der Waals surface area contributed by atoms with E-state index in [1.54, 1.807) is 6.07 Å². The summed E-state index contributed by atoms with van der Waals surface area (Å²) in [5.74, 6) is -0.285. The van der Waals surface area contributed by atoms with E-state index in [1.807, 2.05) is 0 Å². The zero-order valence-electron chi connectivity index (χ0n) is 13.9. The molecule has 0 saturated carbocycles. The van der Waals surface area contributed by atoms with E-state index in [0.717, 1.165) is 6.07 Å². The number of alkyl halides is 2. The molecule has 0 bridgehead atoms. The van der Waals surface area contributed by atoms with Crippen LogP contribution in [-0.4, -0.2) is 24.0 Å². The molecule has 0 N–H and O–H groups in total. The summed E-state index contributed by atoms with van der Waals surface area (Å²) in [5, 5.41) is 0.555. The lowest BCUT2D eigenvalue weighted by molar-refractivity contribution is 0.0355. The van der Waals surface area contributed by atoms with Gasteiger partial charge in [-0.25, -0.2) is 4.98 Å². The highest BCUT2D eigenvalue weighted by molar-refractivity contribution is 9.10. The molecule has 0 amide bonds. The molecule has 0 aliphatic carbocycles. The van der Waals surface area contributed by atoms with Crippen LogP contribution in [0.1, 0.15) is 36.8 Å². The van der Waals surface area contributed by atoms with Crippen molar-refractivity contribution in [1.82, 2.24) is 4.98 Å². The van der Waals surface area contributed by atoms with E-state index in [-0.39, 0.29) is 34.7 Å². The van der Waals surface area contributed by atoms with E-state index in [1.165, 1.54) is 32.9 Å². The Kier molecular flexibility index (Phi) is 6.09. The Hall–Kier alpha value is -1.21. The molecule has 2 aromatic rings. The van der Waals surface area contributed by atoms with Crippen LogP contribution < -0.4 is 0 Å². The molecule has 9 heteroatoms. The third-order valence-electron chi connectivity index (χ3n) is 3.40. The molecule has 0 atom stereocenters. The van der Waals surface area contributed by atoms with Gasteiger partial charge in [0.2, 0.25) is 0 Å². The number of benzene rings is 1. The summed E-state index contributed by atoms with van der Waals surface area (Å²) in [6.45, 7) is 3.87. The highest BCUT2D eigenvalue weighted by Gasteiger charge is 2.55. The van der Waals surface area contributed by atoms with Crippen LogP contribution in [0.25, 0.3) is 10.9 Å². The number of ketones is 1. The summed E-state index contributed by atoms with van der Waals surface area (Å²) < 4.78 is 52.2. The zero-order valence-corrected chi connectivity index (χ0v) is 16.4. The molecule has 136 valence electrons. The Bertz CT molecular complexity index is 849. The maximum absolute atomic E-state index is 15.0. The molecule has 1 aromatic heterocycles. The first-order valence-corrected chi connectivity index (χ1v) is 9.88. The van der Waals surface area contributed by atoms with Crippen LogP contribution in [-0.2, 0) is 19.3 Å². The quantitative estimate of drug-likeness (QED) is 0.423. The molecule has 5 nitrogen and oxygen atoms in total. The van der Waals surface area contributed by atoms with Crippen molar-refractivity contribution in [3.8, 4) is 0 Å². The van der Waals surface area contributed by atoms with Gasteiger partial charge >= 0.3 is 13.3 Å². The van der Waals surface area contributed by atoms with E-state index in [2.05, 4.69) is 20.9 Å². The van der Waals surface area contributed by atoms with Gasteiger partial charge in [-0.3, -0.25) is 9.36 Å². The molecule has 0 saturated heterocycles. The lowest BCUT2D eigenvalue weighted by atomic mass is 10.1. The number of carbonyl (C=O) groups is 1. The first-order chi connectivity index (χ1) is 11.7. The van der Waals surface area contributed by atoms with Gasteiger partial charge in [-0.05, 0) is 32.0 Å². The number of hydrogen-bond donors (Lipinski definition) is 0. The van der Waals surface area contributed by atoms with Crippen molar-refractivity contribution in [2.24, 2.45) is 0 Å². The van der Waals surface area contributed by atoms with Gasteiger partial charge in [0.1, 0.15) is 5.69 Å². The lowest BCUT2D eigenvalue weighted by Crippen LogP contribution is -2.19. The van der Waals surface area contributed by atoms with E-state index in [0.29, 0.717) is 5.39 Å². The second kappa shape index (κ2) is 7.58. The van der Waals surface area contributed by atoms with Crippen molar-refractivity contribution < 1.29 is 27.2 Å². The molecule has 0 unspecified atom stereocenters. The Morgan fingerprint density at radius 3 is 2.36 bits per heavy atom. The summed E-state index contributed by atoms with van der Waals surface area (Å²) >= 11 is 3.09. The van der Waals surface area contributed by atoms with Crippen LogP contribution in [0.2, 0.25) is 0 Å².